The Labute approximate surface area is 137 Å². The maximum absolute atomic E-state index is 2.64. The molecule has 124 valence electrons. The van der Waals surface area contributed by atoms with Gasteiger partial charge in [-0.15, -0.1) is 0 Å². The van der Waals surface area contributed by atoms with E-state index in [0.717, 1.165) is 13.0 Å². The van der Waals surface area contributed by atoms with E-state index in [4.69, 9.17) is 0 Å². The highest BCUT2D eigenvalue weighted by Gasteiger charge is 2.36. The SMILES string of the molecule is CC(CC1(C)CCN(C(C)C)C1)N(C)CCc1ccccc1. The summed E-state index contributed by atoms with van der Waals surface area (Å²) in [5, 5.41) is 0. The molecule has 0 saturated carbocycles. The van der Waals surface area contributed by atoms with Crippen molar-refractivity contribution in [1.82, 2.24) is 9.80 Å². The molecule has 2 rings (SSSR count). The fourth-order valence-corrected chi connectivity index (χ4v) is 3.71. The van der Waals surface area contributed by atoms with Crippen molar-refractivity contribution in [3.63, 3.8) is 0 Å². The average molecular weight is 303 g/mol. The van der Waals surface area contributed by atoms with Crippen LogP contribution in [0.5, 0.6) is 0 Å². The smallest absolute Gasteiger partial charge is 0.00696 e. The van der Waals surface area contributed by atoms with E-state index in [9.17, 15) is 0 Å². The van der Waals surface area contributed by atoms with Gasteiger partial charge in [-0.05, 0) is 64.6 Å². The highest BCUT2D eigenvalue weighted by Crippen LogP contribution is 2.36. The number of rotatable bonds is 7. The monoisotopic (exact) mass is 302 g/mol. The minimum absolute atomic E-state index is 0.491. The predicted octanol–water partition coefficient (Wildman–Crippen LogP) is 4.06. The molecule has 2 heteroatoms. The maximum atomic E-state index is 2.64. The molecule has 1 aliphatic heterocycles. The number of likely N-dealkylation sites (tertiary alicyclic amines) is 1. The van der Waals surface area contributed by atoms with Crippen molar-refractivity contribution in [1.29, 1.82) is 0 Å². The number of likely N-dealkylation sites (N-methyl/N-ethyl adjacent to an activating group) is 1. The van der Waals surface area contributed by atoms with Crippen molar-refractivity contribution in [3.05, 3.63) is 35.9 Å². The van der Waals surface area contributed by atoms with Crippen LogP contribution in [-0.2, 0) is 6.42 Å². The zero-order chi connectivity index (χ0) is 16.2. The van der Waals surface area contributed by atoms with Gasteiger partial charge in [0.2, 0.25) is 0 Å². The van der Waals surface area contributed by atoms with Crippen LogP contribution >= 0.6 is 0 Å². The van der Waals surface area contributed by atoms with Gasteiger partial charge in [0.1, 0.15) is 0 Å². The van der Waals surface area contributed by atoms with Gasteiger partial charge < -0.3 is 9.80 Å². The quantitative estimate of drug-likeness (QED) is 0.749. The minimum Gasteiger partial charge on any atom is -0.303 e. The Morgan fingerprint density at radius 2 is 1.86 bits per heavy atom. The molecule has 1 heterocycles. The van der Waals surface area contributed by atoms with Gasteiger partial charge in [-0.2, -0.15) is 0 Å². The predicted molar refractivity (Wildman–Crippen MR) is 96.3 cm³/mol. The third-order valence-electron chi connectivity index (χ3n) is 5.45. The molecule has 1 saturated heterocycles. The minimum atomic E-state index is 0.491. The maximum Gasteiger partial charge on any atom is 0.00696 e. The van der Waals surface area contributed by atoms with E-state index < -0.39 is 0 Å². The molecule has 2 atom stereocenters. The van der Waals surface area contributed by atoms with Gasteiger partial charge in [0.15, 0.2) is 0 Å². The lowest BCUT2D eigenvalue weighted by Gasteiger charge is -2.33. The van der Waals surface area contributed by atoms with Crippen molar-refractivity contribution in [2.75, 3.05) is 26.7 Å². The van der Waals surface area contributed by atoms with Crippen molar-refractivity contribution in [2.24, 2.45) is 5.41 Å². The molecule has 0 aliphatic carbocycles. The number of nitrogens with zero attached hydrogens (tertiary/aromatic N) is 2. The van der Waals surface area contributed by atoms with Gasteiger partial charge in [0, 0.05) is 25.2 Å². The summed E-state index contributed by atoms with van der Waals surface area (Å²) in [6.07, 6.45) is 3.81. The molecule has 1 aromatic carbocycles. The molecular weight excluding hydrogens is 268 g/mol. The first-order chi connectivity index (χ1) is 10.4. The summed E-state index contributed by atoms with van der Waals surface area (Å²) in [7, 11) is 2.28. The van der Waals surface area contributed by atoms with E-state index in [0.29, 0.717) is 17.5 Å². The molecule has 1 aliphatic rings. The lowest BCUT2D eigenvalue weighted by Crippen LogP contribution is -2.37. The molecule has 0 spiro atoms. The van der Waals surface area contributed by atoms with E-state index in [2.05, 4.69) is 74.9 Å². The van der Waals surface area contributed by atoms with Crippen molar-refractivity contribution in [3.8, 4) is 0 Å². The molecule has 1 aromatic rings. The normalized spacial score (nSPS) is 24.3. The van der Waals surface area contributed by atoms with Gasteiger partial charge in [0.25, 0.3) is 0 Å². The first-order valence-corrected chi connectivity index (χ1v) is 8.88. The first-order valence-electron chi connectivity index (χ1n) is 8.88. The van der Waals surface area contributed by atoms with Gasteiger partial charge in [-0.3, -0.25) is 0 Å². The third kappa shape index (κ3) is 4.82. The number of hydrogen-bond donors (Lipinski definition) is 0. The zero-order valence-electron chi connectivity index (χ0n) is 15.2. The van der Waals surface area contributed by atoms with Crippen LogP contribution in [0.4, 0.5) is 0 Å². The Balaban J connectivity index is 1.80. The molecule has 0 bridgehead atoms. The summed E-state index contributed by atoms with van der Waals surface area (Å²) in [6.45, 7) is 13.2. The summed E-state index contributed by atoms with van der Waals surface area (Å²) in [6, 6.07) is 12.2. The van der Waals surface area contributed by atoms with E-state index in [1.807, 2.05) is 0 Å². The molecule has 2 unspecified atom stereocenters. The van der Waals surface area contributed by atoms with E-state index in [-0.39, 0.29) is 0 Å². The highest BCUT2D eigenvalue weighted by molar-refractivity contribution is 5.14. The molecule has 0 amide bonds. The second-order valence-corrected chi connectivity index (χ2v) is 7.89. The van der Waals surface area contributed by atoms with Crippen LogP contribution in [-0.4, -0.2) is 48.6 Å². The third-order valence-corrected chi connectivity index (χ3v) is 5.45. The first kappa shape index (κ1) is 17.5. The number of benzene rings is 1. The van der Waals surface area contributed by atoms with Crippen LogP contribution in [0.2, 0.25) is 0 Å². The second-order valence-electron chi connectivity index (χ2n) is 7.89. The lowest BCUT2D eigenvalue weighted by molar-refractivity contribution is 0.163. The van der Waals surface area contributed by atoms with Gasteiger partial charge in [-0.1, -0.05) is 37.3 Å². The topological polar surface area (TPSA) is 6.48 Å². The fraction of sp³-hybridized carbons (Fsp3) is 0.700. The van der Waals surface area contributed by atoms with Crippen molar-refractivity contribution >= 4 is 0 Å². The van der Waals surface area contributed by atoms with Gasteiger partial charge >= 0.3 is 0 Å². The summed E-state index contributed by atoms with van der Waals surface area (Å²) >= 11 is 0. The van der Waals surface area contributed by atoms with Crippen molar-refractivity contribution < 1.29 is 0 Å². The van der Waals surface area contributed by atoms with Crippen LogP contribution in [0, 0.1) is 5.41 Å². The van der Waals surface area contributed by atoms with Crippen LogP contribution < -0.4 is 0 Å². The van der Waals surface area contributed by atoms with E-state index >= 15 is 0 Å². The Bertz CT molecular complexity index is 442. The highest BCUT2D eigenvalue weighted by atomic mass is 15.2. The standard InChI is InChI=1S/C20H34N2/c1-17(2)22-14-12-20(4,16-22)15-18(3)21(5)13-11-19-9-7-6-8-10-19/h6-10,17-18H,11-16H2,1-5H3. The van der Waals surface area contributed by atoms with Gasteiger partial charge in [0.05, 0.1) is 0 Å². The van der Waals surface area contributed by atoms with Crippen molar-refractivity contribution in [2.45, 2.75) is 59.0 Å². The molecule has 0 aromatic heterocycles. The fourth-order valence-electron chi connectivity index (χ4n) is 3.71. The molecule has 0 radical (unpaired) electrons. The summed E-state index contributed by atoms with van der Waals surface area (Å²) in [4.78, 5) is 5.17. The van der Waals surface area contributed by atoms with E-state index in [1.165, 1.54) is 31.5 Å². The van der Waals surface area contributed by atoms with Crippen LogP contribution in [0.25, 0.3) is 0 Å². The Morgan fingerprint density at radius 3 is 2.45 bits per heavy atom. The Kier molecular flexibility index (Phi) is 6.05. The molecule has 22 heavy (non-hydrogen) atoms. The Morgan fingerprint density at radius 1 is 1.18 bits per heavy atom. The number of hydrogen-bond acceptors (Lipinski definition) is 2. The molecule has 2 nitrogen and oxygen atoms in total. The Hall–Kier alpha value is -0.860. The zero-order valence-corrected chi connectivity index (χ0v) is 15.2. The summed E-state index contributed by atoms with van der Waals surface area (Å²) in [5.41, 5.74) is 1.93. The van der Waals surface area contributed by atoms with Crippen LogP contribution in [0.1, 0.15) is 46.1 Å². The second kappa shape index (κ2) is 7.61. The molecule has 0 N–H and O–H groups in total. The molecular formula is C20H34N2. The average Bonchev–Trinajstić information content (AvgIpc) is 2.88. The largest absolute Gasteiger partial charge is 0.303 e. The summed E-state index contributed by atoms with van der Waals surface area (Å²) in [5.74, 6) is 0. The molecule has 1 fully saturated rings. The van der Waals surface area contributed by atoms with E-state index in [1.54, 1.807) is 0 Å². The van der Waals surface area contributed by atoms with Gasteiger partial charge in [-0.25, -0.2) is 0 Å². The lowest BCUT2D eigenvalue weighted by atomic mass is 9.83. The summed E-state index contributed by atoms with van der Waals surface area (Å²) < 4.78 is 0. The van der Waals surface area contributed by atoms with Crippen LogP contribution in [0.3, 0.4) is 0 Å². The van der Waals surface area contributed by atoms with Crippen LogP contribution in [0.15, 0.2) is 30.3 Å².